The molecule has 1 aliphatic heterocycles. The molecule has 2 aliphatic rings. The van der Waals surface area contributed by atoms with Crippen LogP contribution in [-0.2, 0) is 14.8 Å². The van der Waals surface area contributed by atoms with Gasteiger partial charge in [0.25, 0.3) is 0 Å². The van der Waals surface area contributed by atoms with Crippen LogP contribution in [0.25, 0.3) is 0 Å². The van der Waals surface area contributed by atoms with Gasteiger partial charge in [0.05, 0.1) is 15.9 Å². The van der Waals surface area contributed by atoms with Gasteiger partial charge < -0.3 is 5.32 Å². The number of hydrogen-bond acceptors (Lipinski definition) is 4. The van der Waals surface area contributed by atoms with E-state index in [1.165, 1.54) is 28.2 Å². The van der Waals surface area contributed by atoms with Crippen molar-refractivity contribution in [3.8, 4) is 0 Å². The number of rotatable bonds is 5. The van der Waals surface area contributed by atoms with Gasteiger partial charge in [0.15, 0.2) is 0 Å². The third kappa shape index (κ3) is 3.88. The molecule has 2 fully saturated rings. The van der Waals surface area contributed by atoms with E-state index in [9.17, 15) is 13.2 Å². The van der Waals surface area contributed by atoms with Crippen molar-refractivity contribution in [3.05, 3.63) is 26.7 Å². The Morgan fingerprint density at radius 1 is 1.33 bits per heavy atom. The van der Waals surface area contributed by atoms with Crippen molar-refractivity contribution in [2.45, 2.75) is 23.8 Å². The lowest BCUT2D eigenvalue weighted by molar-refractivity contribution is -0.123. The van der Waals surface area contributed by atoms with Crippen molar-refractivity contribution in [1.29, 1.82) is 0 Å². The Kier molecular flexibility index (Phi) is 5.74. The number of carbonyl (C=O) groups is 1. The van der Waals surface area contributed by atoms with Crippen LogP contribution in [0.1, 0.15) is 12.8 Å². The Labute approximate surface area is 163 Å². The molecule has 1 heterocycles. The topological polar surface area (TPSA) is 66.5 Å². The average molecular weight is 474 g/mol. The summed E-state index contributed by atoms with van der Waals surface area (Å²) in [6.07, 6.45) is 2.23. The van der Waals surface area contributed by atoms with E-state index in [-0.39, 0.29) is 26.7 Å². The zero-order chi connectivity index (χ0) is 17.5. The lowest BCUT2D eigenvalue weighted by atomic mass is 10.3. The summed E-state index contributed by atoms with van der Waals surface area (Å²) in [5, 5.41) is 2.91. The minimum atomic E-state index is -3.97. The lowest BCUT2D eigenvalue weighted by Gasteiger charge is -2.23. The summed E-state index contributed by atoms with van der Waals surface area (Å²) in [5.41, 5.74) is 0. The van der Waals surface area contributed by atoms with Crippen molar-refractivity contribution in [3.63, 3.8) is 0 Å². The van der Waals surface area contributed by atoms with E-state index in [0.717, 1.165) is 12.8 Å². The smallest absolute Gasteiger partial charge is 0.247 e. The molecule has 1 atom stereocenters. The number of benzene rings is 1. The van der Waals surface area contributed by atoms with Gasteiger partial charge in [-0.2, -0.15) is 4.31 Å². The molecule has 0 spiro atoms. The molecule has 0 aromatic heterocycles. The van der Waals surface area contributed by atoms with Gasteiger partial charge in [-0.15, -0.1) is 11.8 Å². The van der Waals surface area contributed by atoms with E-state index in [1.807, 2.05) is 0 Å². The molecule has 0 radical (unpaired) electrons. The summed E-state index contributed by atoms with van der Waals surface area (Å²) in [6, 6.07) is 2.21. The highest BCUT2D eigenvalue weighted by atomic mass is 79.9. The van der Waals surface area contributed by atoms with Crippen LogP contribution in [0.2, 0.25) is 10.0 Å². The largest absolute Gasteiger partial charge is 0.354 e. The monoisotopic (exact) mass is 472 g/mol. The summed E-state index contributed by atoms with van der Waals surface area (Å²) in [5.74, 6) is 0.886. The number of halogens is 3. The molecule has 10 heteroatoms. The molecule has 1 N–H and O–H groups in total. The Morgan fingerprint density at radius 3 is 2.54 bits per heavy atom. The summed E-state index contributed by atoms with van der Waals surface area (Å²) in [7, 11) is -3.97. The number of carbonyl (C=O) groups excluding carboxylic acids is 1. The van der Waals surface area contributed by atoms with Gasteiger partial charge in [-0.1, -0.05) is 39.1 Å². The van der Waals surface area contributed by atoms with Crippen LogP contribution in [0.15, 0.2) is 21.5 Å². The molecule has 1 aromatic rings. The standard InChI is InChI=1S/C14H15BrCl2N2O3S2/c15-9-3-10(16)13(11(17)4-9)24(21,22)19-7-23-6-12(19)14(20)18-5-8-1-2-8/h3-4,8,12H,1-2,5-7H2,(H,18,20). The van der Waals surface area contributed by atoms with Gasteiger partial charge >= 0.3 is 0 Å². The molecule has 24 heavy (non-hydrogen) atoms. The van der Waals surface area contributed by atoms with Gasteiger partial charge in [0.1, 0.15) is 10.9 Å². The van der Waals surface area contributed by atoms with Crippen molar-refractivity contribution in [1.82, 2.24) is 9.62 Å². The van der Waals surface area contributed by atoms with Crippen molar-refractivity contribution in [2.75, 3.05) is 18.2 Å². The average Bonchev–Trinajstić information content (AvgIpc) is 3.16. The molecule has 1 saturated carbocycles. The van der Waals surface area contributed by atoms with Crippen LogP contribution in [0.3, 0.4) is 0 Å². The maximum atomic E-state index is 13.0. The van der Waals surface area contributed by atoms with Crippen molar-refractivity contribution >= 4 is 66.8 Å². The fraction of sp³-hybridized carbons (Fsp3) is 0.500. The number of nitrogens with one attached hydrogen (secondary N) is 1. The molecule has 3 rings (SSSR count). The fourth-order valence-electron chi connectivity index (χ4n) is 2.45. The van der Waals surface area contributed by atoms with Crippen LogP contribution in [0.4, 0.5) is 0 Å². The Bertz CT molecular complexity index is 748. The molecule has 1 aromatic carbocycles. The van der Waals surface area contributed by atoms with Crippen LogP contribution in [-0.4, -0.2) is 42.8 Å². The summed E-state index contributed by atoms with van der Waals surface area (Å²) in [4.78, 5) is 12.2. The normalized spacial score (nSPS) is 21.9. The van der Waals surface area contributed by atoms with Gasteiger partial charge in [-0.25, -0.2) is 8.42 Å². The second-order valence-corrected chi connectivity index (χ2v) is 10.4. The molecule has 1 unspecified atom stereocenters. The maximum absolute atomic E-state index is 13.0. The van der Waals surface area contributed by atoms with E-state index in [1.54, 1.807) is 0 Å². The Morgan fingerprint density at radius 2 is 1.96 bits per heavy atom. The number of thioether (sulfide) groups is 1. The molecule has 1 aliphatic carbocycles. The third-order valence-corrected chi connectivity index (χ3v) is 8.35. The molecule has 1 amide bonds. The molecule has 5 nitrogen and oxygen atoms in total. The zero-order valence-electron chi connectivity index (χ0n) is 12.5. The predicted octanol–water partition coefficient (Wildman–Crippen LogP) is 3.35. The highest BCUT2D eigenvalue weighted by Gasteiger charge is 2.42. The number of nitrogens with zero attached hydrogens (tertiary/aromatic N) is 1. The van der Waals surface area contributed by atoms with Gasteiger partial charge in [0.2, 0.25) is 15.9 Å². The molecular weight excluding hydrogens is 459 g/mol. The first-order chi connectivity index (χ1) is 11.3. The highest BCUT2D eigenvalue weighted by molar-refractivity contribution is 9.10. The number of hydrogen-bond donors (Lipinski definition) is 1. The summed E-state index contributed by atoms with van der Waals surface area (Å²) < 4.78 is 27.8. The highest BCUT2D eigenvalue weighted by Crippen LogP contribution is 2.37. The van der Waals surface area contributed by atoms with Crippen LogP contribution < -0.4 is 5.32 Å². The quantitative estimate of drug-likeness (QED) is 0.712. The minimum absolute atomic E-state index is 0.0309. The zero-order valence-corrected chi connectivity index (χ0v) is 17.2. The fourth-order valence-corrected chi connectivity index (χ4v) is 7.49. The van der Waals surface area contributed by atoms with Gasteiger partial charge in [-0.05, 0) is 30.9 Å². The Hall–Kier alpha value is 0.01000. The van der Waals surface area contributed by atoms with E-state index in [4.69, 9.17) is 23.2 Å². The van der Waals surface area contributed by atoms with E-state index >= 15 is 0 Å². The van der Waals surface area contributed by atoms with Crippen LogP contribution >= 0.6 is 50.9 Å². The van der Waals surface area contributed by atoms with E-state index in [2.05, 4.69) is 21.2 Å². The molecular formula is C14H15BrCl2N2O3S2. The maximum Gasteiger partial charge on any atom is 0.247 e. The summed E-state index contributed by atoms with van der Waals surface area (Å²) >= 11 is 16.8. The first-order valence-electron chi connectivity index (χ1n) is 7.32. The number of sulfonamides is 1. The second-order valence-electron chi connectivity index (χ2n) is 5.79. The van der Waals surface area contributed by atoms with E-state index < -0.39 is 16.1 Å². The van der Waals surface area contributed by atoms with Gasteiger partial charge in [0, 0.05) is 16.8 Å². The SMILES string of the molecule is O=C(NCC1CC1)C1CSCN1S(=O)(=O)c1c(Cl)cc(Br)cc1Cl. The number of amides is 1. The van der Waals surface area contributed by atoms with Crippen LogP contribution in [0, 0.1) is 5.92 Å². The van der Waals surface area contributed by atoms with Gasteiger partial charge in [-0.3, -0.25) is 4.79 Å². The van der Waals surface area contributed by atoms with Crippen LogP contribution in [0.5, 0.6) is 0 Å². The molecule has 1 saturated heterocycles. The molecule has 0 bridgehead atoms. The first kappa shape index (κ1) is 18.8. The minimum Gasteiger partial charge on any atom is -0.354 e. The van der Waals surface area contributed by atoms with Crippen molar-refractivity contribution in [2.24, 2.45) is 5.92 Å². The first-order valence-corrected chi connectivity index (χ1v) is 11.5. The lowest BCUT2D eigenvalue weighted by Crippen LogP contribution is -2.47. The van der Waals surface area contributed by atoms with Crippen molar-refractivity contribution < 1.29 is 13.2 Å². The summed E-state index contributed by atoms with van der Waals surface area (Å²) in [6.45, 7) is 0.605. The predicted molar refractivity (Wildman–Crippen MR) is 100 cm³/mol. The Balaban J connectivity index is 1.86. The third-order valence-electron chi connectivity index (χ3n) is 3.94. The second kappa shape index (κ2) is 7.32. The van der Waals surface area contributed by atoms with E-state index in [0.29, 0.717) is 22.7 Å². The molecule has 132 valence electrons.